The lowest BCUT2D eigenvalue weighted by molar-refractivity contribution is -0.141. The first-order valence-corrected chi connectivity index (χ1v) is 4.64. The molecule has 0 amide bonds. The van der Waals surface area contributed by atoms with Crippen molar-refractivity contribution in [1.29, 1.82) is 0 Å². The van der Waals surface area contributed by atoms with Crippen LogP contribution in [0.4, 0.5) is 0 Å². The monoisotopic (exact) mass is 210 g/mol. The molecule has 70 valence electrons. The topological polar surface area (TPSA) is 26.3 Å². The molecule has 1 fully saturated rings. The molecule has 0 bridgehead atoms. The van der Waals surface area contributed by atoms with Crippen molar-refractivity contribution >= 4 is 29.2 Å². The molecule has 0 N–H and O–H groups in total. The summed E-state index contributed by atoms with van der Waals surface area (Å²) in [5, 5.41) is 0. The van der Waals surface area contributed by atoms with Crippen LogP contribution in [-0.4, -0.2) is 16.9 Å². The highest BCUT2D eigenvalue weighted by molar-refractivity contribution is 6.51. The van der Waals surface area contributed by atoms with E-state index in [9.17, 15) is 4.79 Å². The minimum atomic E-state index is -0.604. The molecule has 0 aromatic rings. The van der Waals surface area contributed by atoms with Gasteiger partial charge in [-0.15, -0.1) is 23.2 Å². The second-order valence-electron chi connectivity index (χ2n) is 3.53. The van der Waals surface area contributed by atoms with Gasteiger partial charge in [-0.05, 0) is 12.8 Å². The highest BCUT2D eigenvalue weighted by Crippen LogP contribution is 2.65. The van der Waals surface area contributed by atoms with Crippen LogP contribution in [0.1, 0.15) is 26.7 Å². The number of esters is 1. The number of carbonyl (C=O) groups excluding carboxylic acids is 1. The second kappa shape index (κ2) is 3.08. The molecule has 0 aromatic carbocycles. The molecule has 1 aliphatic carbocycles. The Morgan fingerprint density at radius 3 is 2.42 bits per heavy atom. The van der Waals surface area contributed by atoms with Gasteiger partial charge in [0.25, 0.3) is 0 Å². The Labute approximate surface area is 82.2 Å². The molecule has 2 nitrogen and oxygen atoms in total. The van der Waals surface area contributed by atoms with Crippen molar-refractivity contribution < 1.29 is 9.53 Å². The lowest BCUT2D eigenvalue weighted by atomic mass is 10.1. The third-order valence-electron chi connectivity index (χ3n) is 2.33. The van der Waals surface area contributed by atoms with E-state index in [1.807, 2.05) is 6.92 Å². The molecule has 12 heavy (non-hydrogen) atoms. The molecule has 1 aliphatic rings. The Morgan fingerprint density at radius 2 is 2.08 bits per heavy atom. The predicted molar refractivity (Wildman–Crippen MR) is 48.4 cm³/mol. The van der Waals surface area contributed by atoms with E-state index in [1.165, 1.54) is 6.92 Å². The maximum Gasteiger partial charge on any atom is 0.302 e. The quantitative estimate of drug-likeness (QED) is 0.529. The first-order chi connectivity index (χ1) is 5.37. The van der Waals surface area contributed by atoms with Crippen molar-refractivity contribution in [2.24, 2.45) is 5.41 Å². The molecule has 1 atom stereocenters. The molecule has 0 aromatic heterocycles. The predicted octanol–water partition coefficient (Wildman–Crippen LogP) is 2.52. The molecule has 1 saturated carbocycles. The zero-order chi connectivity index (χ0) is 9.41. The van der Waals surface area contributed by atoms with Gasteiger partial charge < -0.3 is 4.74 Å². The normalized spacial score (nSPS) is 31.3. The average Bonchev–Trinajstić information content (AvgIpc) is 2.30. The van der Waals surface area contributed by atoms with Gasteiger partial charge in [0.15, 0.2) is 0 Å². The molecule has 0 radical (unpaired) electrons. The van der Waals surface area contributed by atoms with E-state index in [-0.39, 0.29) is 11.4 Å². The molecular weight excluding hydrogens is 199 g/mol. The van der Waals surface area contributed by atoms with Crippen molar-refractivity contribution in [3.8, 4) is 0 Å². The minimum Gasteiger partial charge on any atom is -0.466 e. The number of ether oxygens (including phenoxy) is 1. The van der Waals surface area contributed by atoms with E-state index in [2.05, 4.69) is 0 Å². The Hall–Kier alpha value is 0.0500. The van der Waals surface area contributed by atoms with E-state index in [0.717, 1.165) is 12.8 Å². The Bertz CT molecular complexity index is 203. The smallest absolute Gasteiger partial charge is 0.302 e. The Kier molecular flexibility index (Phi) is 2.60. The summed E-state index contributed by atoms with van der Waals surface area (Å²) in [5.41, 5.74) is -0.0639. The van der Waals surface area contributed by atoms with E-state index in [0.29, 0.717) is 6.61 Å². The van der Waals surface area contributed by atoms with Gasteiger partial charge in [-0.25, -0.2) is 0 Å². The van der Waals surface area contributed by atoms with E-state index >= 15 is 0 Å². The summed E-state index contributed by atoms with van der Waals surface area (Å²) in [7, 11) is 0. The zero-order valence-corrected chi connectivity index (χ0v) is 8.71. The van der Waals surface area contributed by atoms with Crippen molar-refractivity contribution in [1.82, 2.24) is 0 Å². The highest BCUT2D eigenvalue weighted by atomic mass is 35.5. The Morgan fingerprint density at radius 1 is 1.58 bits per heavy atom. The first kappa shape index (κ1) is 10.1. The van der Waals surface area contributed by atoms with Gasteiger partial charge in [0.2, 0.25) is 0 Å². The fraction of sp³-hybridized carbons (Fsp3) is 0.875. The van der Waals surface area contributed by atoms with E-state index in [4.69, 9.17) is 27.9 Å². The molecule has 0 spiro atoms. The molecule has 1 unspecified atom stereocenters. The maximum atomic E-state index is 10.4. The molecule has 0 saturated heterocycles. The fourth-order valence-electron chi connectivity index (χ4n) is 1.14. The number of hydrogen-bond acceptors (Lipinski definition) is 2. The van der Waals surface area contributed by atoms with E-state index in [1.54, 1.807) is 0 Å². The standard InChI is InChI=1S/C8H12Cl2O2/c1-6(11)12-4-3-7(2)5-8(7,9)10/h3-5H2,1-2H3. The minimum absolute atomic E-state index is 0.0639. The third kappa shape index (κ3) is 2.05. The number of carbonyl (C=O) groups is 1. The van der Waals surface area contributed by atoms with Gasteiger partial charge in [0.05, 0.1) is 6.61 Å². The summed E-state index contributed by atoms with van der Waals surface area (Å²) in [5.74, 6) is -0.256. The van der Waals surface area contributed by atoms with Crippen LogP contribution in [0.3, 0.4) is 0 Å². The average molecular weight is 211 g/mol. The van der Waals surface area contributed by atoms with Crippen molar-refractivity contribution in [3.63, 3.8) is 0 Å². The molecule has 4 heteroatoms. The van der Waals surface area contributed by atoms with Gasteiger partial charge >= 0.3 is 5.97 Å². The van der Waals surface area contributed by atoms with Crippen LogP contribution in [0.25, 0.3) is 0 Å². The SMILES string of the molecule is CC(=O)OCCC1(C)CC1(Cl)Cl. The largest absolute Gasteiger partial charge is 0.466 e. The van der Waals surface area contributed by atoms with Crippen LogP contribution in [0, 0.1) is 5.41 Å². The second-order valence-corrected chi connectivity index (χ2v) is 5.02. The number of rotatable bonds is 3. The lowest BCUT2D eigenvalue weighted by Crippen LogP contribution is -2.10. The Balaban J connectivity index is 2.22. The van der Waals surface area contributed by atoms with Crippen LogP contribution >= 0.6 is 23.2 Å². The fourth-order valence-corrected chi connectivity index (χ4v) is 1.92. The van der Waals surface area contributed by atoms with Crippen LogP contribution in [0.2, 0.25) is 0 Å². The number of alkyl halides is 2. The molecule has 0 aliphatic heterocycles. The van der Waals surface area contributed by atoms with E-state index < -0.39 is 4.33 Å². The summed E-state index contributed by atoms with van der Waals surface area (Å²) in [4.78, 5) is 10.4. The van der Waals surface area contributed by atoms with Gasteiger partial charge in [-0.2, -0.15) is 0 Å². The summed E-state index contributed by atoms with van der Waals surface area (Å²) in [6.45, 7) is 3.80. The number of hydrogen-bond donors (Lipinski definition) is 0. The molecule has 1 rings (SSSR count). The van der Waals surface area contributed by atoms with Crippen LogP contribution in [0.15, 0.2) is 0 Å². The van der Waals surface area contributed by atoms with Crippen molar-refractivity contribution in [3.05, 3.63) is 0 Å². The third-order valence-corrected chi connectivity index (χ3v) is 3.51. The first-order valence-electron chi connectivity index (χ1n) is 3.89. The number of halogens is 2. The summed E-state index contributed by atoms with van der Waals surface area (Å²) < 4.78 is 4.19. The summed E-state index contributed by atoms with van der Waals surface area (Å²) in [6, 6.07) is 0. The lowest BCUT2D eigenvalue weighted by Gasteiger charge is -2.10. The zero-order valence-electron chi connectivity index (χ0n) is 7.19. The van der Waals surface area contributed by atoms with Crippen molar-refractivity contribution in [2.45, 2.75) is 31.0 Å². The maximum absolute atomic E-state index is 10.4. The summed E-state index contributed by atoms with van der Waals surface area (Å²) >= 11 is 11.8. The van der Waals surface area contributed by atoms with Crippen LogP contribution < -0.4 is 0 Å². The highest BCUT2D eigenvalue weighted by Gasteiger charge is 2.62. The van der Waals surface area contributed by atoms with Gasteiger partial charge in [0, 0.05) is 12.3 Å². The van der Waals surface area contributed by atoms with Crippen LogP contribution in [0.5, 0.6) is 0 Å². The van der Waals surface area contributed by atoms with Crippen LogP contribution in [-0.2, 0) is 9.53 Å². The van der Waals surface area contributed by atoms with Gasteiger partial charge in [-0.3, -0.25) is 4.79 Å². The summed E-state index contributed by atoms with van der Waals surface area (Å²) in [6.07, 6.45) is 1.52. The van der Waals surface area contributed by atoms with Crippen molar-refractivity contribution in [2.75, 3.05) is 6.61 Å². The molecule has 0 heterocycles. The molecular formula is C8H12Cl2O2. The van der Waals surface area contributed by atoms with Gasteiger partial charge in [0.1, 0.15) is 4.33 Å². The van der Waals surface area contributed by atoms with Gasteiger partial charge in [-0.1, -0.05) is 6.92 Å².